The molecule has 1 aromatic carbocycles. The van der Waals surface area contributed by atoms with Gasteiger partial charge in [-0.15, -0.1) is 0 Å². The highest BCUT2D eigenvalue weighted by Crippen LogP contribution is 2.27. The summed E-state index contributed by atoms with van der Waals surface area (Å²) in [6.45, 7) is 2.29. The van der Waals surface area contributed by atoms with E-state index in [9.17, 15) is 9.90 Å². The second-order valence-corrected chi connectivity index (χ2v) is 6.29. The third-order valence-electron chi connectivity index (χ3n) is 4.40. The minimum absolute atomic E-state index is 0.0835. The molecular formula is C17H21N3O6. The highest BCUT2D eigenvalue weighted by molar-refractivity contribution is 5.82. The monoisotopic (exact) mass is 363 g/mol. The van der Waals surface area contributed by atoms with E-state index in [1.54, 1.807) is 0 Å². The van der Waals surface area contributed by atoms with E-state index in [-0.39, 0.29) is 43.7 Å². The van der Waals surface area contributed by atoms with Crippen molar-refractivity contribution >= 4 is 23.4 Å². The summed E-state index contributed by atoms with van der Waals surface area (Å²) in [5.74, 6) is 0.771. The average Bonchev–Trinajstić information content (AvgIpc) is 3.25. The predicted molar refractivity (Wildman–Crippen MR) is 90.6 cm³/mol. The summed E-state index contributed by atoms with van der Waals surface area (Å²) in [5.41, 5.74) is 2.74. The Morgan fingerprint density at radius 1 is 1.38 bits per heavy atom. The zero-order valence-corrected chi connectivity index (χ0v) is 14.2. The topological polar surface area (TPSA) is 134 Å². The second kappa shape index (κ2) is 7.81. The van der Waals surface area contributed by atoms with Crippen molar-refractivity contribution in [2.75, 3.05) is 13.2 Å². The molecule has 4 rings (SSSR count). The molecule has 26 heavy (non-hydrogen) atoms. The SMILES string of the molecule is Cc1nc2ccc(CC(=O)N[C@@H]3CO[C@H]4[C@@H]3OC[C@H]4O)cc2[nH]1.O=CO. The van der Waals surface area contributed by atoms with Gasteiger partial charge in [0, 0.05) is 0 Å². The lowest BCUT2D eigenvalue weighted by molar-refractivity contribution is -0.123. The first-order valence-electron chi connectivity index (χ1n) is 8.25. The second-order valence-electron chi connectivity index (χ2n) is 6.29. The third-order valence-corrected chi connectivity index (χ3v) is 4.40. The quantitative estimate of drug-likeness (QED) is 0.553. The van der Waals surface area contributed by atoms with Crippen molar-refractivity contribution in [1.82, 2.24) is 15.3 Å². The molecule has 1 amide bonds. The van der Waals surface area contributed by atoms with Gasteiger partial charge in [0.05, 0.1) is 36.7 Å². The molecule has 0 unspecified atom stereocenters. The summed E-state index contributed by atoms with van der Waals surface area (Å²) in [6, 6.07) is 5.56. The molecule has 2 fully saturated rings. The van der Waals surface area contributed by atoms with Crippen molar-refractivity contribution < 1.29 is 29.3 Å². The Labute approximate surface area is 149 Å². The number of aliphatic hydroxyl groups is 1. The number of H-pyrrole nitrogens is 1. The molecular weight excluding hydrogens is 342 g/mol. The van der Waals surface area contributed by atoms with Gasteiger partial charge in [0.15, 0.2) is 0 Å². The fourth-order valence-corrected chi connectivity index (χ4v) is 3.34. The van der Waals surface area contributed by atoms with E-state index < -0.39 is 6.10 Å². The Hall–Kier alpha value is -2.49. The molecule has 9 heteroatoms. The number of nitrogens with one attached hydrogen (secondary N) is 2. The third kappa shape index (κ3) is 3.85. The van der Waals surface area contributed by atoms with E-state index in [0.717, 1.165) is 22.4 Å². The number of hydrogen-bond donors (Lipinski definition) is 4. The van der Waals surface area contributed by atoms with E-state index in [0.29, 0.717) is 6.61 Å². The summed E-state index contributed by atoms with van der Waals surface area (Å²) in [6.07, 6.45) is -0.908. The van der Waals surface area contributed by atoms with Gasteiger partial charge in [0.25, 0.3) is 6.47 Å². The molecule has 0 saturated carbocycles. The molecule has 4 atom stereocenters. The van der Waals surface area contributed by atoms with Gasteiger partial charge in [0.1, 0.15) is 24.1 Å². The number of aromatic amines is 1. The molecule has 2 aliphatic heterocycles. The minimum atomic E-state index is -0.604. The Morgan fingerprint density at radius 3 is 2.88 bits per heavy atom. The number of fused-ring (bicyclic) bond motifs is 2. The summed E-state index contributed by atoms with van der Waals surface area (Å²) in [4.78, 5) is 28.1. The molecule has 9 nitrogen and oxygen atoms in total. The summed E-state index contributed by atoms with van der Waals surface area (Å²) < 4.78 is 11.0. The maximum atomic E-state index is 12.3. The fraction of sp³-hybridized carbons (Fsp3) is 0.471. The van der Waals surface area contributed by atoms with E-state index in [2.05, 4.69) is 15.3 Å². The van der Waals surface area contributed by atoms with Crippen molar-refractivity contribution in [3.8, 4) is 0 Å². The van der Waals surface area contributed by atoms with Gasteiger partial charge in [-0.3, -0.25) is 9.59 Å². The number of carboxylic acid groups (broad SMARTS) is 1. The Bertz CT molecular complexity index is 792. The van der Waals surface area contributed by atoms with Gasteiger partial charge in [-0.25, -0.2) is 4.98 Å². The normalized spacial score (nSPS) is 26.8. The lowest BCUT2D eigenvalue weighted by atomic mass is 10.1. The lowest BCUT2D eigenvalue weighted by Gasteiger charge is -2.17. The number of amides is 1. The molecule has 2 aromatic rings. The molecule has 0 radical (unpaired) electrons. The molecule has 3 heterocycles. The van der Waals surface area contributed by atoms with Crippen LogP contribution in [-0.2, 0) is 25.5 Å². The first-order valence-corrected chi connectivity index (χ1v) is 8.25. The molecule has 0 aliphatic carbocycles. The minimum Gasteiger partial charge on any atom is -0.483 e. The molecule has 2 saturated heterocycles. The summed E-state index contributed by atoms with van der Waals surface area (Å²) in [5, 5.41) is 19.6. The zero-order valence-electron chi connectivity index (χ0n) is 14.2. The van der Waals surface area contributed by atoms with Gasteiger partial charge >= 0.3 is 0 Å². The number of carbonyl (C=O) groups is 2. The van der Waals surface area contributed by atoms with Crippen LogP contribution in [0.3, 0.4) is 0 Å². The number of nitrogens with zero attached hydrogens (tertiary/aromatic N) is 1. The summed E-state index contributed by atoms with van der Waals surface area (Å²) in [7, 11) is 0. The Balaban J connectivity index is 0.000000613. The average molecular weight is 363 g/mol. The molecule has 1 aromatic heterocycles. The number of rotatable bonds is 3. The molecule has 140 valence electrons. The number of aromatic nitrogens is 2. The van der Waals surface area contributed by atoms with Crippen LogP contribution in [0, 0.1) is 6.92 Å². The van der Waals surface area contributed by atoms with Gasteiger partial charge in [-0.1, -0.05) is 6.07 Å². The van der Waals surface area contributed by atoms with Gasteiger partial charge in [-0.05, 0) is 24.6 Å². The number of aryl methyl sites for hydroxylation is 1. The van der Waals surface area contributed by atoms with Gasteiger partial charge in [0.2, 0.25) is 5.91 Å². The number of carbonyl (C=O) groups excluding carboxylic acids is 1. The van der Waals surface area contributed by atoms with Crippen LogP contribution >= 0.6 is 0 Å². The number of hydrogen-bond acceptors (Lipinski definition) is 6. The van der Waals surface area contributed by atoms with E-state index in [1.165, 1.54) is 0 Å². The fourth-order valence-electron chi connectivity index (χ4n) is 3.34. The van der Waals surface area contributed by atoms with Crippen molar-refractivity contribution in [2.45, 2.75) is 37.7 Å². The smallest absolute Gasteiger partial charge is 0.290 e. The van der Waals surface area contributed by atoms with Gasteiger partial charge in [-0.2, -0.15) is 0 Å². The standard InChI is InChI=1S/C16H19N3O4.CH2O2/c1-8-17-10-3-2-9(4-11(10)18-8)5-14(21)19-12-6-22-16-13(20)7-23-15(12)16;2-1-3/h2-4,12-13,15-16,20H,5-7H2,1H3,(H,17,18)(H,19,21);1H,(H,2,3)/t12-,13-,15-,16-;/m1./s1. The maximum Gasteiger partial charge on any atom is 0.290 e. The highest BCUT2D eigenvalue weighted by atomic mass is 16.6. The van der Waals surface area contributed by atoms with Gasteiger partial charge < -0.3 is 30.0 Å². The van der Waals surface area contributed by atoms with Crippen molar-refractivity contribution in [3.63, 3.8) is 0 Å². The predicted octanol–water partition coefficient (Wildman–Crippen LogP) is -0.242. The van der Waals surface area contributed by atoms with Crippen molar-refractivity contribution in [2.24, 2.45) is 0 Å². The number of aliphatic hydroxyl groups excluding tert-OH is 1. The van der Waals surface area contributed by atoms with E-state index >= 15 is 0 Å². The van der Waals surface area contributed by atoms with Crippen LogP contribution in [0.15, 0.2) is 18.2 Å². The zero-order chi connectivity index (χ0) is 18.7. The van der Waals surface area contributed by atoms with E-state index in [4.69, 9.17) is 19.4 Å². The van der Waals surface area contributed by atoms with Crippen LogP contribution in [-0.4, -0.2) is 70.1 Å². The summed E-state index contributed by atoms with van der Waals surface area (Å²) >= 11 is 0. The van der Waals surface area contributed by atoms with E-state index in [1.807, 2.05) is 25.1 Å². The first-order chi connectivity index (χ1) is 12.5. The van der Waals surface area contributed by atoms with Crippen LogP contribution in [0.5, 0.6) is 0 Å². The number of imidazole rings is 1. The molecule has 0 spiro atoms. The van der Waals surface area contributed by atoms with Crippen LogP contribution in [0.2, 0.25) is 0 Å². The molecule has 0 bridgehead atoms. The van der Waals surface area contributed by atoms with Crippen LogP contribution in [0.1, 0.15) is 11.4 Å². The Kier molecular flexibility index (Phi) is 5.50. The number of ether oxygens (including phenoxy) is 2. The highest BCUT2D eigenvalue weighted by Gasteiger charge is 2.47. The molecule has 4 N–H and O–H groups in total. The largest absolute Gasteiger partial charge is 0.483 e. The van der Waals surface area contributed by atoms with Crippen molar-refractivity contribution in [1.29, 1.82) is 0 Å². The Morgan fingerprint density at radius 2 is 2.12 bits per heavy atom. The van der Waals surface area contributed by atoms with Crippen molar-refractivity contribution in [3.05, 3.63) is 29.6 Å². The van der Waals surface area contributed by atoms with Crippen LogP contribution in [0.4, 0.5) is 0 Å². The van der Waals surface area contributed by atoms with Crippen LogP contribution in [0.25, 0.3) is 11.0 Å². The number of benzene rings is 1. The van der Waals surface area contributed by atoms with Crippen LogP contribution < -0.4 is 5.32 Å². The molecule has 2 aliphatic rings. The first kappa shape index (κ1) is 18.3. The maximum absolute atomic E-state index is 12.3. The lowest BCUT2D eigenvalue weighted by Crippen LogP contribution is -2.44.